The van der Waals surface area contributed by atoms with Crippen LogP contribution in [0, 0.1) is 5.82 Å². The normalized spacial score (nSPS) is 15.4. The van der Waals surface area contributed by atoms with E-state index in [0.29, 0.717) is 6.04 Å². The van der Waals surface area contributed by atoms with E-state index in [2.05, 4.69) is 10.3 Å². The van der Waals surface area contributed by atoms with Crippen molar-refractivity contribution in [1.82, 2.24) is 9.38 Å². The first-order valence-electron chi connectivity index (χ1n) is 7.91. The van der Waals surface area contributed by atoms with Gasteiger partial charge in [0.2, 0.25) is 0 Å². The zero-order valence-corrected chi connectivity index (χ0v) is 13.4. The maximum absolute atomic E-state index is 13.9. The topological polar surface area (TPSA) is 29.3 Å². The molecule has 1 fully saturated rings. The molecule has 0 aliphatic heterocycles. The molecule has 0 bridgehead atoms. The Bertz CT molecular complexity index is 853. The molecule has 0 amide bonds. The number of imidazole rings is 1. The quantitative estimate of drug-likeness (QED) is 0.720. The van der Waals surface area contributed by atoms with E-state index in [1.807, 2.05) is 34.9 Å². The van der Waals surface area contributed by atoms with Crippen molar-refractivity contribution in [3.05, 3.63) is 53.4 Å². The van der Waals surface area contributed by atoms with Gasteiger partial charge in [-0.3, -0.25) is 4.40 Å². The van der Waals surface area contributed by atoms with Crippen LogP contribution in [0.3, 0.4) is 0 Å². The lowest BCUT2D eigenvalue weighted by molar-refractivity contribution is 0.628. The Kier molecular flexibility index (Phi) is 3.69. The number of benzene rings is 1. The first-order chi connectivity index (χ1) is 11.2. The molecule has 1 N–H and O–H groups in total. The molecule has 4 rings (SSSR count). The minimum absolute atomic E-state index is 0.128. The maximum Gasteiger partial charge on any atom is 0.142 e. The van der Waals surface area contributed by atoms with Gasteiger partial charge in [-0.1, -0.05) is 36.6 Å². The van der Waals surface area contributed by atoms with E-state index >= 15 is 0 Å². The first kappa shape index (κ1) is 14.5. The summed E-state index contributed by atoms with van der Waals surface area (Å²) in [5.74, 6) is 0.502. The highest BCUT2D eigenvalue weighted by molar-refractivity contribution is 6.30. The number of aromatic nitrogens is 2. The fourth-order valence-electron chi connectivity index (χ4n) is 3.24. The number of nitrogens with one attached hydrogen (secondary N) is 1. The fourth-order valence-corrected chi connectivity index (χ4v) is 3.36. The SMILES string of the molecule is Fc1cc(-c2nc3ccccn3c2NC2CCCC2)ccc1Cl. The van der Waals surface area contributed by atoms with Crippen molar-refractivity contribution in [3.63, 3.8) is 0 Å². The summed E-state index contributed by atoms with van der Waals surface area (Å²) in [6, 6.07) is 11.2. The molecule has 1 aliphatic rings. The minimum Gasteiger partial charge on any atom is -0.367 e. The lowest BCUT2D eigenvalue weighted by Crippen LogP contribution is -2.16. The van der Waals surface area contributed by atoms with E-state index in [4.69, 9.17) is 11.6 Å². The fraction of sp³-hybridized carbons (Fsp3) is 0.278. The predicted octanol–water partition coefficient (Wildman–Crippen LogP) is 5.15. The van der Waals surface area contributed by atoms with Crippen molar-refractivity contribution in [2.45, 2.75) is 31.7 Å². The third-order valence-corrected chi connectivity index (χ3v) is 4.73. The summed E-state index contributed by atoms with van der Waals surface area (Å²) in [6.07, 6.45) is 6.80. The van der Waals surface area contributed by atoms with Crippen LogP contribution in [0.4, 0.5) is 10.2 Å². The lowest BCUT2D eigenvalue weighted by Gasteiger charge is -2.15. The van der Waals surface area contributed by atoms with E-state index < -0.39 is 5.82 Å². The van der Waals surface area contributed by atoms with Crippen LogP contribution in [0.15, 0.2) is 42.6 Å². The molecule has 1 aromatic carbocycles. The van der Waals surface area contributed by atoms with E-state index in [1.54, 1.807) is 6.07 Å². The Morgan fingerprint density at radius 3 is 2.78 bits per heavy atom. The smallest absolute Gasteiger partial charge is 0.142 e. The second-order valence-electron chi connectivity index (χ2n) is 5.99. The molecular weight excluding hydrogens is 313 g/mol. The van der Waals surface area contributed by atoms with Crippen LogP contribution in [0.5, 0.6) is 0 Å². The van der Waals surface area contributed by atoms with Gasteiger partial charge in [0.15, 0.2) is 0 Å². The van der Waals surface area contributed by atoms with Gasteiger partial charge >= 0.3 is 0 Å². The van der Waals surface area contributed by atoms with E-state index in [-0.39, 0.29) is 5.02 Å². The molecule has 118 valence electrons. The average Bonchev–Trinajstić information content (AvgIpc) is 3.19. The Morgan fingerprint density at radius 2 is 2.00 bits per heavy atom. The zero-order chi connectivity index (χ0) is 15.8. The summed E-state index contributed by atoms with van der Waals surface area (Å²) in [4.78, 5) is 4.69. The van der Waals surface area contributed by atoms with Gasteiger partial charge in [-0.25, -0.2) is 9.37 Å². The molecule has 0 saturated heterocycles. The number of halogens is 2. The Hall–Kier alpha value is -2.07. The number of hydrogen-bond donors (Lipinski definition) is 1. The summed E-state index contributed by atoms with van der Waals surface area (Å²) in [7, 11) is 0. The van der Waals surface area contributed by atoms with Gasteiger partial charge in [0.05, 0.1) is 5.02 Å². The highest BCUT2D eigenvalue weighted by atomic mass is 35.5. The first-order valence-corrected chi connectivity index (χ1v) is 8.29. The number of pyridine rings is 1. The predicted molar refractivity (Wildman–Crippen MR) is 91.5 cm³/mol. The molecule has 1 saturated carbocycles. The molecule has 3 aromatic rings. The summed E-state index contributed by atoms with van der Waals surface area (Å²) in [5.41, 5.74) is 2.34. The molecule has 0 spiro atoms. The van der Waals surface area contributed by atoms with Gasteiger partial charge in [0.1, 0.15) is 23.0 Å². The van der Waals surface area contributed by atoms with Crippen molar-refractivity contribution in [2.24, 2.45) is 0 Å². The zero-order valence-electron chi connectivity index (χ0n) is 12.6. The van der Waals surface area contributed by atoms with Crippen LogP contribution in [0.25, 0.3) is 16.9 Å². The van der Waals surface area contributed by atoms with Crippen LogP contribution in [-0.2, 0) is 0 Å². The highest BCUT2D eigenvalue weighted by Gasteiger charge is 2.20. The summed E-state index contributed by atoms with van der Waals surface area (Å²) in [6.45, 7) is 0. The Morgan fingerprint density at radius 1 is 1.17 bits per heavy atom. The van der Waals surface area contributed by atoms with Gasteiger partial charge in [-0.05, 0) is 37.1 Å². The highest BCUT2D eigenvalue weighted by Crippen LogP contribution is 2.33. The number of rotatable bonds is 3. The summed E-state index contributed by atoms with van der Waals surface area (Å²) in [5, 5.41) is 3.74. The molecule has 0 atom stereocenters. The van der Waals surface area contributed by atoms with Crippen molar-refractivity contribution in [3.8, 4) is 11.3 Å². The summed E-state index contributed by atoms with van der Waals surface area (Å²) >= 11 is 5.81. The third-order valence-electron chi connectivity index (χ3n) is 4.42. The van der Waals surface area contributed by atoms with Crippen molar-refractivity contribution in [2.75, 3.05) is 5.32 Å². The van der Waals surface area contributed by atoms with Crippen molar-refractivity contribution >= 4 is 23.1 Å². The van der Waals surface area contributed by atoms with Crippen molar-refractivity contribution < 1.29 is 4.39 Å². The van der Waals surface area contributed by atoms with Crippen molar-refractivity contribution in [1.29, 1.82) is 0 Å². The van der Waals surface area contributed by atoms with Crippen LogP contribution in [0.1, 0.15) is 25.7 Å². The number of nitrogens with zero attached hydrogens (tertiary/aromatic N) is 2. The average molecular weight is 330 g/mol. The lowest BCUT2D eigenvalue weighted by atomic mass is 10.1. The second-order valence-corrected chi connectivity index (χ2v) is 6.40. The molecule has 1 aliphatic carbocycles. The molecule has 2 aromatic heterocycles. The van der Waals surface area contributed by atoms with E-state index in [0.717, 1.165) is 35.6 Å². The number of fused-ring (bicyclic) bond motifs is 1. The van der Waals surface area contributed by atoms with Crippen LogP contribution in [0.2, 0.25) is 5.02 Å². The summed E-state index contributed by atoms with van der Waals surface area (Å²) < 4.78 is 15.9. The van der Waals surface area contributed by atoms with Crippen LogP contribution < -0.4 is 5.32 Å². The molecule has 23 heavy (non-hydrogen) atoms. The van der Waals surface area contributed by atoms with E-state index in [1.165, 1.54) is 18.9 Å². The minimum atomic E-state index is -0.423. The standard InChI is InChI=1S/C18H17ClFN3/c19-14-9-8-12(11-15(14)20)17-18(21-13-5-1-2-6-13)23-10-4-3-7-16(23)22-17/h3-4,7-11,13,21H,1-2,5-6H2. The molecule has 3 nitrogen and oxygen atoms in total. The second kappa shape index (κ2) is 5.85. The van der Waals surface area contributed by atoms with Gasteiger partial charge in [0.25, 0.3) is 0 Å². The van der Waals surface area contributed by atoms with Gasteiger partial charge in [0, 0.05) is 17.8 Å². The molecular formula is C18H17ClFN3. The molecule has 0 unspecified atom stereocenters. The monoisotopic (exact) mass is 329 g/mol. The third kappa shape index (κ3) is 2.68. The van der Waals surface area contributed by atoms with Crippen LogP contribution in [-0.4, -0.2) is 15.4 Å². The number of anilines is 1. The van der Waals surface area contributed by atoms with E-state index in [9.17, 15) is 4.39 Å². The van der Waals surface area contributed by atoms with Gasteiger partial charge in [-0.15, -0.1) is 0 Å². The molecule has 0 radical (unpaired) electrons. The largest absolute Gasteiger partial charge is 0.367 e. The number of hydrogen-bond acceptors (Lipinski definition) is 2. The van der Waals surface area contributed by atoms with Crippen LogP contribution >= 0.6 is 11.6 Å². The Balaban J connectivity index is 1.85. The van der Waals surface area contributed by atoms with Gasteiger partial charge in [-0.2, -0.15) is 0 Å². The molecule has 5 heteroatoms. The maximum atomic E-state index is 13.9. The van der Waals surface area contributed by atoms with Gasteiger partial charge < -0.3 is 5.32 Å². The Labute approximate surface area is 139 Å². The molecule has 2 heterocycles.